The van der Waals surface area contributed by atoms with Crippen LogP contribution in [-0.2, 0) is 0 Å². The van der Waals surface area contributed by atoms with Gasteiger partial charge in [-0.15, -0.1) is 0 Å². The molecule has 1 aliphatic heterocycles. The van der Waals surface area contributed by atoms with Gasteiger partial charge >= 0.3 is 0 Å². The molecule has 2 atom stereocenters. The summed E-state index contributed by atoms with van der Waals surface area (Å²) in [5, 5.41) is 15.7. The van der Waals surface area contributed by atoms with Crippen LogP contribution in [0.1, 0.15) is 35.2 Å². The summed E-state index contributed by atoms with van der Waals surface area (Å²) >= 11 is 0. The molecule has 0 bridgehead atoms. The van der Waals surface area contributed by atoms with Gasteiger partial charge in [-0.1, -0.05) is 103 Å². The molecule has 2 aromatic heterocycles. The molecule has 1 fully saturated rings. The van der Waals surface area contributed by atoms with Gasteiger partial charge in [0.1, 0.15) is 22.3 Å². The summed E-state index contributed by atoms with van der Waals surface area (Å²) < 4.78 is 12.6. The number of fused-ring (bicyclic) bond motifs is 6. The van der Waals surface area contributed by atoms with Crippen LogP contribution in [0, 0.1) is 0 Å². The zero-order valence-corrected chi connectivity index (χ0v) is 23.8. The fourth-order valence-corrected chi connectivity index (χ4v) is 6.57. The first-order valence-corrected chi connectivity index (χ1v) is 15.0. The molecule has 5 heteroatoms. The van der Waals surface area contributed by atoms with Gasteiger partial charge < -0.3 is 8.83 Å². The highest BCUT2D eigenvalue weighted by atomic mass is 16.3. The Bertz CT molecular complexity index is 2240. The second-order valence-corrected chi connectivity index (χ2v) is 11.5. The van der Waals surface area contributed by atoms with E-state index in [4.69, 9.17) is 8.83 Å². The van der Waals surface area contributed by atoms with Gasteiger partial charge in [-0.2, -0.15) is 0 Å². The van der Waals surface area contributed by atoms with E-state index < -0.39 is 0 Å². The average Bonchev–Trinajstić information content (AvgIpc) is 3.66. The first-order valence-electron chi connectivity index (χ1n) is 15.0. The van der Waals surface area contributed by atoms with Crippen LogP contribution in [0.2, 0.25) is 0 Å². The summed E-state index contributed by atoms with van der Waals surface area (Å²) in [6.45, 7) is 0. The standard InChI is InChI=1S/C39H29N3O2/c1-3-9-24(10-4-1)37-40-38(25-11-5-2-6-12-25)42-39(41-37)28-16-19-31-32-21-26(17-20-34(32)44-36(31)23-28)27-15-18-30-29-13-7-8-14-33(29)43-35(30)22-27/h1-23,37-42H. The van der Waals surface area contributed by atoms with Crippen molar-refractivity contribution in [2.24, 2.45) is 0 Å². The zero-order valence-electron chi connectivity index (χ0n) is 23.8. The molecule has 0 aliphatic carbocycles. The molecular formula is C39H29N3O2. The maximum Gasteiger partial charge on any atom is 0.136 e. The SMILES string of the molecule is c1ccc(C2NC(c3ccccc3)NC(c3ccc4c(c3)oc3ccc(-c5ccc6c(c5)oc5ccccc56)cc34)N2)cc1. The normalized spacial score (nSPS) is 18.9. The second-order valence-electron chi connectivity index (χ2n) is 11.5. The lowest BCUT2D eigenvalue weighted by atomic mass is 10.0. The summed E-state index contributed by atoms with van der Waals surface area (Å²) in [7, 11) is 0. The molecule has 5 nitrogen and oxygen atoms in total. The lowest BCUT2D eigenvalue weighted by Crippen LogP contribution is -2.54. The molecule has 6 aromatic carbocycles. The predicted octanol–water partition coefficient (Wildman–Crippen LogP) is 9.33. The zero-order chi connectivity index (χ0) is 29.0. The summed E-state index contributed by atoms with van der Waals surface area (Å²) in [4.78, 5) is 0. The maximum absolute atomic E-state index is 6.42. The van der Waals surface area contributed by atoms with E-state index in [-0.39, 0.29) is 18.5 Å². The molecule has 0 spiro atoms. The van der Waals surface area contributed by atoms with Crippen LogP contribution in [0.15, 0.2) is 148 Å². The molecule has 212 valence electrons. The summed E-state index contributed by atoms with van der Waals surface area (Å²) in [5.41, 5.74) is 9.31. The van der Waals surface area contributed by atoms with Crippen molar-refractivity contribution >= 4 is 43.9 Å². The Morgan fingerprint density at radius 2 is 0.841 bits per heavy atom. The van der Waals surface area contributed by atoms with Gasteiger partial charge in [0, 0.05) is 21.5 Å². The van der Waals surface area contributed by atoms with E-state index in [1.54, 1.807) is 0 Å². The first-order chi connectivity index (χ1) is 21.8. The van der Waals surface area contributed by atoms with Gasteiger partial charge in [0.25, 0.3) is 0 Å². The molecule has 3 heterocycles. The van der Waals surface area contributed by atoms with Crippen molar-refractivity contribution in [1.29, 1.82) is 0 Å². The molecule has 0 amide bonds. The third-order valence-electron chi connectivity index (χ3n) is 8.81. The number of hydrogen-bond acceptors (Lipinski definition) is 5. The fraction of sp³-hybridized carbons (Fsp3) is 0.0769. The van der Waals surface area contributed by atoms with Gasteiger partial charge in [0.05, 0.1) is 18.5 Å². The maximum atomic E-state index is 6.42. The number of furan rings is 2. The Hall–Kier alpha value is -5.20. The van der Waals surface area contributed by atoms with Gasteiger partial charge in [0.15, 0.2) is 0 Å². The number of hydrogen-bond donors (Lipinski definition) is 3. The van der Waals surface area contributed by atoms with E-state index >= 15 is 0 Å². The van der Waals surface area contributed by atoms with E-state index in [1.807, 2.05) is 12.1 Å². The van der Waals surface area contributed by atoms with E-state index in [2.05, 4.69) is 143 Å². The number of nitrogens with one attached hydrogen (secondary N) is 3. The lowest BCUT2D eigenvalue weighted by molar-refractivity contribution is 0.203. The molecule has 1 saturated heterocycles. The van der Waals surface area contributed by atoms with E-state index in [0.29, 0.717) is 0 Å². The van der Waals surface area contributed by atoms with Crippen LogP contribution >= 0.6 is 0 Å². The van der Waals surface area contributed by atoms with Crippen molar-refractivity contribution in [3.05, 3.63) is 156 Å². The molecule has 9 rings (SSSR count). The largest absolute Gasteiger partial charge is 0.456 e. The Labute approximate surface area is 254 Å². The molecule has 0 saturated carbocycles. The summed E-state index contributed by atoms with van der Waals surface area (Å²) in [6.07, 6.45) is -0.133. The molecule has 1 aliphatic rings. The van der Waals surface area contributed by atoms with Crippen LogP contribution in [0.25, 0.3) is 55.0 Å². The van der Waals surface area contributed by atoms with Gasteiger partial charge in [-0.05, 0) is 64.2 Å². The van der Waals surface area contributed by atoms with Gasteiger partial charge in [-0.3, -0.25) is 16.0 Å². The molecule has 3 N–H and O–H groups in total. The first kappa shape index (κ1) is 25.3. The third kappa shape index (κ3) is 4.29. The van der Waals surface area contributed by atoms with Crippen molar-refractivity contribution in [2.75, 3.05) is 0 Å². The fourth-order valence-electron chi connectivity index (χ4n) is 6.57. The summed E-state index contributed by atoms with van der Waals surface area (Å²) in [5.74, 6) is 0. The number of benzene rings is 6. The van der Waals surface area contributed by atoms with Gasteiger partial charge in [-0.25, -0.2) is 0 Å². The third-order valence-corrected chi connectivity index (χ3v) is 8.81. The molecule has 0 radical (unpaired) electrons. The second kappa shape index (κ2) is 10.2. The van der Waals surface area contributed by atoms with E-state index in [0.717, 1.165) is 60.6 Å². The molecule has 2 unspecified atom stereocenters. The van der Waals surface area contributed by atoms with Crippen molar-refractivity contribution in [2.45, 2.75) is 18.5 Å². The van der Waals surface area contributed by atoms with Crippen molar-refractivity contribution < 1.29 is 8.83 Å². The van der Waals surface area contributed by atoms with E-state index in [9.17, 15) is 0 Å². The van der Waals surface area contributed by atoms with Crippen LogP contribution in [0.3, 0.4) is 0 Å². The molecule has 44 heavy (non-hydrogen) atoms. The molecular weight excluding hydrogens is 542 g/mol. The summed E-state index contributed by atoms with van der Waals surface area (Å²) in [6, 6.07) is 48.7. The minimum Gasteiger partial charge on any atom is -0.456 e. The average molecular weight is 572 g/mol. The Kier molecular flexibility index (Phi) is 5.87. The van der Waals surface area contributed by atoms with Crippen LogP contribution in [-0.4, -0.2) is 0 Å². The minimum atomic E-state index is -0.0876. The lowest BCUT2D eigenvalue weighted by Gasteiger charge is -2.39. The number of rotatable bonds is 4. The number of para-hydroxylation sites is 1. The Morgan fingerprint density at radius 1 is 0.341 bits per heavy atom. The monoisotopic (exact) mass is 571 g/mol. The quantitative estimate of drug-likeness (QED) is 0.196. The topological polar surface area (TPSA) is 62.4 Å². The minimum absolute atomic E-state index is 0.0225. The molecule has 8 aromatic rings. The smallest absolute Gasteiger partial charge is 0.136 e. The predicted molar refractivity (Wildman–Crippen MR) is 177 cm³/mol. The Balaban J connectivity index is 1.08. The van der Waals surface area contributed by atoms with Crippen molar-refractivity contribution in [1.82, 2.24) is 16.0 Å². The highest BCUT2D eigenvalue weighted by molar-refractivity contribution is 6.08. The highest BCUT2D eigenvalue weighted by Gasteiger charge is 2.30. The Morgan fingerprint density at radius 3 is 1.57 bits per heavy atom. The van der Waals surface area contributed by atoms with Crippen LogP contribution < -0.4 is 16.0 Å². The van der Waals surface area contributed by atoms with Crippen LogP contribution in [0.5, 0.6) is 0 Å². The van der Waals surface area contributed by atoms with E-state index in [1.165, 1.54) is 11.1 Å². The van der Waals surface area contributed by atoms with Crippen molar-refractivity contribution in [3.63, 3.8) is 0 Å². The van der Waals surface area contributed by atoms with Crippen LogP contribution in [0.4, 0.5) is 0 Å². The highest BCUT2D eigenvalue weighted by Crippen LogP contribution is 2.37. The van der Waals surface area contributed by atoms with Crippen molar-refractivity contribution in [3.8, 4) is 11.1 Å². The van der Waals surface area contributed by atoms with Gasteiger partial charge in [0.2, 0.25) is 0 Å².